The van der Waals surface area contributed by atoms with E-state index in [-0.39, 0.29) is 0 Å². The lowest BCUT2D eigenvalue weighted by atomic mass is 10.1. The van der Waals surface area contributed by atoms with E-state index in [2.05, 4.69) is 51.5 Å². The quantitative estimate of drug-likeness (QED) is 0.613. The molecule has 0 amide bonds. The fourth-order valence-corrected chi connectivity index (χ4v) is 1.95. The van der Waals surface area contributed by atoms with Crippen LogP contribution in [0.15, 0.2) is 0 Å². The summed E-state index contributed by atoms with van der Waals surface area (Å²) in [6.07, 6.45) is 2.53. The molecule has 2 nitrogen and oxygen atoms in total. The van der Waals surface area contributed by atoms with Crippen LogP contribution in [0.3, 0.4) is 0 Å². The number of nitrogens with zero attached hydrogens (tertiary/aromatic N) is 2. The normalized spacial score (nSPS) is 16.0. The molecule has 0 aliphatic heterocycles. The van der Waals surface area contributed by atoms with Gasteiger partial charge in [-0.3, -0.25) is 0 Å². The van der Waals surface area contributed by atoms with E-state index in [1.807, 2.05) is 0 Å². The van der Waals surface area contributed by atoms with Gasteiger partial charge in [0.05, 0.1) is 0 Å². The van der Waals surface area contributed by atoms with Crippen molar-refractivity contribution in [3.05, 3.63) is 0 Å². The summed E-state index contributed by atoms with van der Waals surface area (Å²) in [5.41, 5.74) is 0. The van der Waals surface area contributed by atoms with Crippen LogP contribution < -0.4 is 0 Å². The van der Waals surface area contributed by atoms with Crippen molar-refractivity contribution in [2.45, 2.75) is 59.5 Å². The number of rotatable bonds is 8. The highest BCUT2D eigenvalue weighted by Crippen LogP contribution is 2.07. The Balaban J connectivity index is 3.83. The summed E-state index contributed by atoms with van der Waals surface area (Å²) >= 11 is 0. The molecular formula is C13H30N2. The molecule has 0 aliphatic rings. The van der Waals surface area contributed by atoms with E-state index in [4.69, 9.17) is 0 Å². The van der Waals surface area contributed by atoms with Crippen LogP contribution in [0.2, 0.25) is 0 Å². The minimum absolute atomic E-state index is 0.714. The lowest BCUT2D eigenvalue weighted by molar-refractivity contribution is 0.181. The Morgan fingerprint density at radius 2 is 1.47 bits per heavy atom. The van der Waals surface area contributed by atoms with Crippen LogP contribution in [-0.2, 0) is 0 Å². The summed E-state index contributed by atoms with van der Waals surface area (Å²) in [4.78, 5) is 5.00. The third-order valence-electron chi connectivity index (χ3n) is 3.68. The summed E-state index contributed by atoms with van der Waals surface area (Å²) in [7, 11) is 2.24. The second-order valence-electron chi connectivity index (χ2n) is 4.60. The molecule has 92 valence electrons. The van der Waals surface area contributed by atoms with Crippen LogP contribution >= 0.6 is 0 Å². The van der Waals surface area contributed by atoms with Gasteiger partial charge in [0, 0.05) is 12.1 Å². The van der Waals surface area contributed by atoms with Gasteiger partial charge in [0.25, 0.3) is 0 Å². The molecular weight excluding hydrogens is 184 g/mol. The van der Waals surface area contributed by atoms with E-state index in [1.165, 1.54) is 32.5 Å². The average molecular weight is 214 g/mol. The Kier molecular flexibility index (Phi) is 8.07. The summed E-state index contributed by atoms with van der Waals surface area (Å²) in [6, 6.07) is 1.43. The van der Waals surface area contributed by atoms with E-state index < -0.39 is 0 Å². The Hall–Kier alpha value is -0.0800. The fourth-order valence-electron chi connectivity index (χ4n) is 1.95. The molecule has 0 aromatic rings. The molecule has 0 radical (unpaired) electrons. The van der Waals surface area contributed by atoms with Gasteiger partial charge in [-0.15, -0.1) is 0 Å². The highest BCUT2D eigenvalue weighted by atomic mass is 15.2. The minimum atomic E-state index is 0.714. The molecule has 15 heavy (non-hydrogen) atoms. The summed E-state index contributed by atoms with van der Waals surface area (Å²) in [5, 5.41) is 0. The first-order chi connectivity index (χ1) is 7.06. The van der Waals surface area contributed by atoms with Crippen molar-refractivity contribution < 1.29 is 0 Å². The molecule has 0 fully saturated rings. The van der Waals surface area contributed by atoms with Crippen molar-refractivity contribution in [1.82, 2.24) is 9.80 Å². The molecule has 0 spiro atoms. The van der Waals surface area contributed by atoms with Gasteiger partial charge in [-0.05, 0) is 53.4 Å². The summed E-state index contributed by atoms with van der Waals surface area (Å²) in [6.45, 7) is 15.0. The van der Waals surface area contributed by atoms with E-state index in [1.54, 1.807) is 0 Å². The predicted octanol–water partition coefficient (Wildman–Crippen LogP) is 2.84. The van der Waals surface area contributed by atoms with Gasteiger partial charge in [-0.2, -0.15) is 0 Å². The molecule has 2 heteroatoms. The molecule has 0 saturated heterocycles. The Morgan fingerprint density at radius 3 is 1.87 bits per heavy atom. The zero-order valence-electron chi connectivity index (χ0n) is 11.6. The van der Waals surface area contributed by atoms with Crippen molar-refractivity contribution in [3.8, 4) is 0 Å². The van der Waals surface area contributed by atoms with Gasteiger partial charge >= 0.3 is 0 Å². The molecule has 2 atom stereocenters. The number of hydrogen-bond donors (Lipinski definition) is 0. The maximum Gasteiger partial charge on any atom is 0.00788 e. The minimum Gasteiger partial charge on any atom is -0.304 e. The zero-order chi connectivity index (χ0) is 11.8. The predicted molar refractivity (Wildman–Crippen MR) is 69.4 cm³/mol. The Morgan fingerprint density at radius 1 is 0.933 bits per heavy atom. The molecule has 0 heterocycles. The Labute approximate surface area is 96.6 Å². The van der Waals surface area contributed by atoms with E-state index >= 15 is 0 Å². The summed E-state index contributed by atoms with van der Waals surface area (Å²) < 4.78 is 0. The van der Waals surface area contributed by atoms with Gasteiger partial charge in [-0.1, -0.05) is 20.8 Å². The molecule has 0 bridgehead atoms. The Bertz CT molecular complexity index is 143. The van der Waals surface area contributed by atoms with Gasteiger partial charge in [0.2, 0.25) is 0 Å². The van der Waals surface area contributed by atoms with Crippen LogP contribution in [0, 0.1) is 0 Å². The van der Waals surface area contributed by atoms with Crippen LogP contribution in [0.1, 0.15) is 47.5 Å². The first-order valence-corrected chi connectivity index (χ1v) is 6.50. The lowest BCUT2D eigenvalue weighted by Gasteiger charge is -2.30. The molecule has 0 rings (SSSR count). The maximum atomic E-state index is 2.53. The van der Waals surface area contributed by atoms with E-state index in [0.29, 0.717) is 12.1 Å². The molecule has 0 aromatic carbocycles. The van der Waals surface area contributed by atoms with Crippen molar-refractivity contribution in [2.24, 2.45) is 0 Å². The topological polar surface area (TPSA) is 6.48 Å². The molecule has 0 saturated carbocycles. The highest BCUT2D eigenvalue weighted by molar-refractivity contribution is 4.68. The molecule has 0 N–H and O–H groups in total. The second kappa shape index (κ2) is 8.12. The maximum absolute atomic E-state index is 2.53. The van der Waals surface area contributed by atoms with Crippen molar-refractivity contribution in [1.29, 1.82) is 0 Å². The van der Waals surface area contributed by atoms with E-state index in [0.717, 1.165) is 0 Å². The van der Waals surface area contributed by atoms with Crippen molar-refractivity contribution in [3.63, 3.8) is 0 Å². The number of hydrogen-bond acceptors (Lipinski definition) is 2. The second-order valence-corrected chi connectivity index (χ2v) is 4.60. The van der Waals surface area contributed by atoms with E-state index in [9.17, 15) is 0 Å². The monoisotopic (exact) mass is 214 g/mol. The lowest BCUT2D eigenvalue weighted by Crippen LogP contribution is -2.37. The van der Waals surface area contributed by atoms with Gasteiger partial charge in [0.1, 0.15) is 0 Å². The van der Waals surface area contributed by atoms with Crippen molar-refractivity contribution in [2.75, 3.05) is 26.7 Å². The largest absolute Gasteiger partial charge is 0.304 e. The van der Waals surface area contributed by atoms with Crippen LogP contribution in [0.5, 0.6) is 0 Å². The average Bonchev–Trinajstić information content (AvgIpc) is 2.26. The van der Waals surface area contributed by atoms with Crippen LogP contribution in [-0.4, -0.2) is 48.6 Å². The molecule has 0 aliphatic carbocycles. The van der Waals surface area contributed by atoms with Gasteiger partial charge in [-0.25, -0.2) is 0 Å². The standard InChI is InChI=1S/C13H30N2/c1-7-12(4)14(6)11-10-13(5)15(8-2)9-3/h12-13H,7-11H2,1-6H3. The van der Waals surface area contributed by atoms with Gasteiger partial charge < -0.3 is 9.80 Å². The first kappa shape index (κ1) is 14.9. The fraction of sp³-hybridized carbons (Fsp3) is 1.00. The first-order valence-electron chi connectivity index (χ1n) is 6.50. The molecule has 0 aromatic heterocycles. The van der Waals surface area contributed by atoms with Crippen LogP contribution in [0.25, 0.3) is 0 Å². The van der Waals surface area contributed by atoms with Crippen molar-refractivity contribution >= 4 is 0 Å². The molecule has 2 unspecified atom stereocenters. The van der Waals surface area contributed by atoms with Gasteiger partial charge in [0.15, 0.2) is 0 Å². The van der Waals surface area contributed by atoms with Crippen LogP contribution in [0.4, 0.5) is 0 Å². The smallest absolute Gasteiger partial charge is 0.00788 e. The highest BCUT2D eigenvalue weighted by Gasteiger charge is 2.12. The third kappa shape index (κ3) is 5.53. The third-order valence-corrected chi connectivity index (χ3v) is 3.68. The summed E-state index contributed by atoms with van der Waals surface area (Å²) in [5.74, 6) is 0. The zero-order valence-corrected chi connectivity index (χ0v) is 11.6. The SMILES string of the molecule is CCC(C)N(C)CCC(C)N(CC)CC.